The quantitative estimate of drug-likeness (QED) is 0.806. The van der Waals surface area contributed by atoms with Gasteiger partial charge in [0, 0.05) is 31.6 Å². The largest absolute Gasteiger partial charge is 0.379 e. The zero-order chi connectivity index (χ0) is 18.6. The van der Waals surface area contributed by atoms with Gasteiger partial charge in [0.2, 0.25) is 0 Å². The van der Waals surface area contributed by atoms with E-state index >= 15 is 0 Å². The maximum atomic E-state index is 13.6. The summed E-state index contributed by atoms with van der Waals surface area (Å²) in [5, 5.41) is 0. The van der Waals surface area contributed by atoms with Crippen molar-refractivity contribution in [3.05, 3.63) is 35.9 Å². The predicted octanol–water partition coefficient (Wildman–Crippen LogP) is 2.38. The first-order chi connectivity index (χ1) is 12.5. The highest BCUT2D eigenvalue weighted by Crippen LogP contribution is 2.33. The number of morpholine rings is 2. The molecule has 0 N–H and O–H groups in total. The van der Waals surface area contributed by atoms with E-state index in [1.165, 1.54) is 5.56 Å². The van der Waals surface area contributed by atoms with Crippen LogP contribution in [0, 0.1) is 5.41 Å². The van der Waals surface area contributed by atoms with Crippen molar-refractivity contribution in [2.45, 2.75) is 32.9 Å². The fraction of sp³-hybridized carbons (Fsp3) is 0.667. The molecule has 2 fully saturated rings. The van der Waals surface area contributed by atoms with Crippen molar-refractivity contribution < 1.29 is 14.3 Å². The second-order valence-corrected chi connectivity index (χ2v) is 8.21. The molecule has 0 radical (unpaired) electrons. The van der Waals surface area contributed by atoms with E-state index < -0.39 is 0 Å². The first kappa shape index (κ1) is 19.5. The van der Waals surface area contributed by atoms with Gasteiger partial charge >= 0.3 is 0 Å². The Morgan fingerprint density at radius 2 is 1.38 bits per heavy atom. The van der Waals surface area contributed by atoms with Crippen molar-refractivity contribution in [3.63, 3.8) is 0 Å². The first-order valence-corrected chi connectivity index (χ1v) is 9.71. The standard InChI is InChI=1S/C21H32N2O3/c1-21(2,3)20(24)19(23-11-15-26-16-12-23)18(17-7-5-4-6-8-17)22-9-13-25-14-10-22/h4-8,18-19H,9-16H2,1-3H3/t18-,19-/m1/s1. The number of Topliss-reactive ketones (excluding diaryl/α,β-unsaturated/α-hetero) is 1. The summed E-state index contributed by atoms with van der Waals surface area (Å²) in [4.78, 5) is 18.4. The van der Waals surface area contributed by atoms with E-state index in [0.29, 0.717) is 19.0 Å². The molecule has 3 rings (SSSR count). The van der Waals surface area contributed by atoms with Gasteiger partial charge in [-0.05, 0) is 5.56 Å². The number of benzene rings is 1. The molecular formula is C21H32N2O3. The number of ketones is 1. The Bertz CT molecular complexity index is 573. The summed E-state index contributed by atoms with van der Waals surface area (Å²) < 4.78 is 11.1. The third-order valence-electron chi connectivity index (χ3n) is 5.33. The van der Waals surface area contributed by atoms with E-state index in [1.807, 2.05) is 26.8 Å². The van der Waals surface area contributed by atoms with Gasteiger partial charge in [0.15, 0.2) is 5.78 Å². The summed E-state index contributed by atoms with van der Waals surface area (Å²) in [6.45, 7) is 12.3. The minimum atomic E-state index is -0.387. The summed E-state index contributed by atoms with van der Waals surface area (Å²) in [7, 11) is 0. The summed E-state index contributed by atoms with van der Waals surface area (Å²) in [5.74, 6) is 0.305. The molecule has 1 aromatic carbocycles. The van der Waals surface area contributed by atoms with E-state index in [4.69, 9.17) is 9.47 Å². The summed E-state index contributed by atoms with van der Waals surface area (Å²) in [6.07, 6.45) is 0. The van der Waals surface area contributed by atoms with Crippen LogP contribution in [0.25, 0.3) is 0 Å². The van der Waals surface area contributed by atoms with Crippen LogP contribution in [0.1, 0.15) is 32.4 Å². The van der Waals surface area contributed by atoms with Crippen molar-refractivity contribution in [1.29, 1.82) is 0 Å². The maximum absolute atomic E-state index is 13.6. The van der Waals surface area contributed by atoms with Crippen LogP contribution in [0.15, 0.2) is 30.3 Å². The Hall–Kier alpha value is -1.27. The van der Waals surface area contributed by atoms with Gasteiger partial charge in [-0.3, -0.25) is 14.6 Å². The van der Waals surface area contributed by atoms with Crippen LogP contribution in [0.2, 0.25) is 0 Å². The number of hydrogen-bond acceptors (Lipinski definition) is 5. The number of carbonyl (C=O) groups is 1. The molecule has 0 aliphatic carbocycles. The third kappa shape index (κ3) is 4.52. The Kier molecular flexibility index (Phi) is 6.46. The molecule has 1 aromatic rings. The lowest BCUT2D eigenvalue weighted by molar-refractivity contribution is -0.138. The number of carbonyl (C=O) groups excluding carboxylic acids is 1. The molecule has 0 spiro atoms. The van der Waals surface area contributed by atoms with Crippen LogP contribution >= 0.6 is 0 Å². The SMILES string of the molecule is CC(C)(C)C(=O)[C@@H]([C@@H](c1ccccc1)N1CCOCC1)N1CCOCC1. The van der Waals surface area contributed by atoms with Crippen LogP contribution < -0.4 is 0 Å². The highest BCUT2D eigenvalue weighted by atomic mass is 16.5. The van der Waals surface area contributed by atoms with Crippen LogP contribution in [0.3, 0.4) is 0 Å². The van der Waals surface area contributed by atoms with Gasteiger partial charge in [0.05, 0.1) is 38.5 Å². The molecule has 2 atom stereocenters. The fourth-order valence-electron chi connectivity index (χ4n) is 3.91. The van der Waals surface area contributed by atoms with E-state index in [9.17, 15) is 4.79 Å². The average Bonchev–Trinajstić information content (AvgIpc) is 2.67. The highest BCUT2D eigenvalue weighted by molar-refractivity contribution is 5.89. The highest BCUT2D eigenvalue weighted by Gasteiger charge is 2.42. The number of hydrogen-bond donors (Lipinski definition) is 0. The maximum Gasteiger partial charge on any atom is 0.157 e. The molecule has 2 aliphatic heterocycles. The zero-order valence-corrected chi connectivity index (χ0v) is 16.3. The molecule has 0 saturated carbocycles. The Morgan fingerprint density at radius 3 is 1.88 bits per heavy atom. The summed E-state index contributed by atoms with van der Waals surface area (Å²) in [5.41, 5.74) is 0.825. The van der Waals surface area contributed by atoms with Crippen LogP contribution in [-0.2, 0) is 14.3 Å². The van der Waals surface area contributed by atoms with Crippen molar-refractivity contribution in [2.75, 3.05) is 52.6 Å². The topological polar surface area (TPSA) is 42.0 Å². The molecule has 144 valence electrons. The second kappa shape index (κ2) is 8.61. The van der Waals surface area contributed by atoms with Gasteiger partial charge in [0.25, 0.3) is 0 Å². The average molecular weight is 360 g/mol. The lowest BCUT2D eigenvalue weighted by Crippen LogP contribution is -2.57. The van der Waals surface area contributed by atoms with E-state index in [-0.39, 0.29) is 17.5 Å². The van der Waals surface area contributed by atoms with E-state index in [0.717, 1.165) is 39.4 Å². The minimum Gasteiger partial charge on any atom is -0.379 e. The van der Waals surface area contributed by atoms with Gasteiger partial charge in [0.1, 0.15) is 0 Å². The number of nitrogens with zero attached hydrogens (tertiary/aromatic N) is 2. The lowest BCUT2D eigenvalue weighted by atomic mass is 9.80. The molecule has 5 heteroatoms. The van der Waals surface area contributed by atoms with Crippen LogP contribution in [0.5, 0.6) is 0 Å². The molecule has 0 aromatic heterocycles. The van der Waals surface area contributed by atoms with E-state index in [1.54, 1.807) is 0 Å². The molecule has 0 bridgehead atoms. The smallest absolute Gasteiger partial charge is 0.157 e. The molecule has 0 amide bonds. The molecule has 2 aliphatic rings. The molecule has 2 saturated heterocycles. The Morgan fingerprint density at radius 1 is 0.885 bits per heavy atom. The van der Waals surface area contributed by atoms with Gasteiger partial charge in [-0.1, -0.05) is 51.1 Å². The molecular weight excluding hydrogens is 328 g/mol. The zero-order valence-electron chi connectivity index (χ0n) is 16.3. The summed E-state index contributed by atoms with van der Waals surface area (Å²) >= 11 is 0. The van der Waals surface area contributed by atoms with Gasteiger partial charge < -0.3 is 9.47 Å². The number of ether oxygens (including phenoxy) is 2. The van der Waals surface area contributed by atoms with E-state index in [2.05, 4.69) is 34.1 Å². The normalized spacial score (nSPS) is 22.7. The van der Waals surface area contributed by atoms with Crippen molar-refractivity contribution in [3.8, 4) is 0 Å². The lowest BCUT2D eigenvalue weighted by Gasteiger charge is -2.45. The third-order valence-corrected chi connectivity index (χ3v) is 5.33. The molecule has 2 heterocycles. The van der Waals surface area contributed by atoms with Gasteiger partial charge in [-0.25, -0.2) is 0 Å². The first-order valence-electron chi connectivity index (χ1n) is 9.71. The predicted molar refractivity (Wildman–Crippen MR) is 102 cm³/mol. The van der Waals surface area contributed by atoms with Crippen LogP contribution in [0.4, 0.5) is 0 Å². The molecule has 5 nitrogen and oxygen atoms in total. The molecule has 26 heavy (non-hydrogen) atoms. The van der Waals surface area contributed by atoms with Crippen molar-refractivity contribution in [1.82, 2.24) is 9.80 Å². The van der Waals surface area contributed by atoms with Gasteiger partial charge in [-0.15, -0.1) is 0 Å². The molecule has 0 unspecified atom stereocenters. The fourth-order valence-corrected chi connectivity index (χ4v) is 3.91. The minimum absolute atomic E-state index is 0.0462. The second-order valence-electron chi connectivity index (χ2n) is 8.21. The van der Waals surface area contributed by atoms with Crippen molar-refractivity contribution >= 4 is 5.78 Å². The Labute approximate surface area is 157 Å². The van der Waals surface area contributed by atoms with Gasteiger partial charge in [-0.2, -0.15) is 0 Å². The monoisotopic (exact) mass is 360 g/mol. The number of rotatable bonds is 5. The summed E-state index contributed by atoms with van der Waals surface area (Å²) in [6, 6.07) is 10.4. The van der Waals surface area contributed by atoms with Crippen molar-refractivity contribution in [2.24, 2.45) is 5.41 Å². The van der Waals surface area contributed by atoms with Crippen LogP contribution in [-0.4, -0.2) is 74.2 Å². The Balaban J connectivity index is 2.00.